The number of aromatic nitrogens is 1. The predicted molar refractivity (Wildman–Crippen MR) is 124 cm³/mol. The van der Waals surface area contributed by atoms with Crippen LogP contribution in [0.2, 0.25) is 0 Å². The summed E-state index contributed by atoms with van der Waals surface area (Å²) in [6, 6.07) is 18.3. The lowest BCUT2D eigenvalue weighted by Gasteiger charge is -2.43. The second kappa shape index (κ2) is 8.16. The summed E-state index contributed by atoms with van der Waals surface area (Å²) in [6.07, 6.45) is 8.36. The van der Waals surface area contributed by atoms with Crippen LogP contribution in [0.5, 0.6) is 5.75 Å². The molecule has 3 atom stereocenters. The summed E-state index contributed by atoms with van der Waals surface area (Å²) in [5.41, 5.74) is 3.80. The largest absolute Gasteiger partial charge is 0.490 e. The molecule has 1 saturated heterocycles. The number of benzene rings is 2. The van der Waals surface area contributed by atoms with Crippen LogP contribution in [0.3, 0.4) is 0 Å². The molecule has 5 rings (SSSR count). The van der Waals surface area contributed by atoms with Gasteiger partial charge >= 0.3 is 0 Å². The topological polar surface area (TPSA) is 38.5 Å². The van der Waals surface area contributed by atoms with Gasteiger partial charge in [-0.2, -0.15) is 0 Å². The van der Waals surface area contributed by atoms with Crippen LogP contribution in [0.15, 0.2) is 65.5 Å². The second-order valence-electron chi connectivity index (χ2n) is 9.74. The molecule has 2 aromatic carbocycles. The molecule has 1 aliphatic carbocycles. The molecule has 1 saturated carbocycles. The molecule has 2 fully saturated rings. The summed E-state index contributed by atoms with van der Waals surface area (Å²) in [7, 11) is 0. The molecule has 0 amide bonds. The Morgan fingerprint density at radius 1 is 1.00 bits per heavy atom. The maximum Gasteiger partial charge on any atom is 0.181 e. The molecule has 0 radical (unpaired) electrons. The predicted octanol–water partition coefficient (Wildman–Crippen LogP) is 6.43. The van der Waals surface area contributed by atoms with E-state index in [1.165, 1.54) is 36.9 Å². The Labute approximate surface area is 185 Å². The van der Waals surface area contributed by atoms with Crippen LogP contribution in [0.25, 0.3) is 22.5 Å². The van der Waals surface area contributed by atoms with E-state index in [1.54, 1.807) is 6.20 Å². The van der Waals surface area contributed by atoms with Gasteiger partial charge in [-0.3, -0.25) is 4.90 Å². The molecule has 162 valence electrons. The first kappa shape index (κ1) is 20.3. The van der Waals surface area contributed by atoms with Crippen molar-refractivity contribution >= 4 is 0 Å². The summed E-state index contributed by atoms with van der Waals surface area (Å²) in [5.74, 6) is 1.77. The molecule has 2 aliphatic rings. The van der Waals surface area contributed by atoms with Crippen molar-refractivity contribution < 1.29 is 9.15 Å². The standard InChI is InChI=1S/C27H32N2O2/c1-19(2)29-15-14-27(3)16-24(12-13-26(27)29)31-23-10-8-21(9-11-23)20-4-6-22(7-5-20)25-17-28-18-30-25/h4-11,17-19,24,26H,12-16H2,1-3H3. The maximum absolute atomic E-state index is 6.45. The van der Waals surface area contributed by atoms with E-state index in [0.717, 1.165) is 36.0 Å². The first-order chi connectivity index (χ1) is 15.0. The highest BCUT2D eigenvalue weighted by atomic mass is 16.5. The van der Waals surface area contributed by atoms with Crippen molar-refractivity contribution in [3.05, 3.63) is 61.1 Å². The fourth-order valence-corrected chi connectivity index (χ4v) is 5.65. The number of oxazole rings is 1. The van der Waals surface area contributed by atoms with Gasteiger partial charge in [-0.25, -0.2) is 4.98 Å². The van der Waals surface area contributed by atoms with Crippen LogP contribution in [-0.2, 0) is 0 Å². The quantitative estimate of drug-likeness (QED) is 0.480. The number of nitrogens with zero attached hydrogens (tertiary/aromatic N) is 2. The lowest BCUT2D eigenvalue weighted by atomic mass is 9.70. The van der Waals surface area contributed by atoms with Crippen molar-refractivity contribution in [3.63, 3.8) is 0 Å². The number of ether oxygens (including phenoxy) is 1. The third-order valence-corrected chi connectivity index (χ3v) is 7.36. The maximum atomic E-state index is 6.45. The lowest BCUT2D eigenvalue weighted by Crippen LogP contribution is -2.47. The third kappa shape index (κ3) is 4.01. The molecule has 3 aromatic rings. The Hall–Kier alpha value is -2.59. The van der Waals surface area contributed by atoms with Gasteiger partial charge in [0.1, 0.15) is 5.75 Å². The monoisotopic (exact) mass is 416 g/mol. The van der Waals surface area contributed by atoms with Crippen LogP contribution in [0.1, 0.15) is 46.5 Å². The highest BCUT2D eigenvalue weighted by Crippen LogP contribution is 2.48. The average Bonchev–Trinajstić information content (AvgIpc) is 3.42. The molecule has 3 unspecified atom stereocenters. The molecular weight excluding hydrogens is 384 g/mol. The van der Waals surface area contributed by atoms with E-state index in [4.69, 9.17) is 9.15 Å². The van der Waals surface area contributed by atoms with Crippen molar-refractivity contribution in [2.75, 3.05) is 6.54 Å². The van der Waals surface area contributed by atoms with Crippen LogP contribution in [0.4, 0.5) is 0 Å². The highest BCUT2D eigenvalue weighted by Gasteiger charge is 2.48. The number of hydrogen-bond acceptors (Lipinski definition) is 4. The van der Waals surface area contributed by atoms with E-state index in [9.17, 15) is 0 Å². The zero-order chi connectivity index (χ0) is 21.4. The molecule has 1 aromatic heterocycles. The van der Waals surface area contributed by atoms with Crippen molar-refractivity contribution in [1.29, 1.82) is 0 Å². The van der Waals surface area contributed by atoms with E-state index in [-0.39, 0.29) is 0 Å². The highest BCUT2D eigenvalue weighted by molar-refractivity contribution is 5.68. The molecular formula is C27H32N2O2. The molecule has 31 heavy (non-hydrogen) atoms. The molecule has 4 heteroatoms. The van der Waals surface area contributed by atoms with E-state index in [2.05, 4.69) is 79.2 Å². The smallest absolute Gasteiger partial charge is 0.181 e. The van der Waals surface area contributed by atoms with Crippen LogP contribution < -0.4 is 4.74 Å². The molecule has 4 nitrogen and oxygen atoms in total. The SMILES string of the molecule is CC(C)N1CCC2(C)CC(Oc3ccc(-c4ccc(-c5cnco5)cc4)cc3)CCC12. The number of hydrogen-bond donors (Lipinski definition) is 0. The van der Waals surface area contributed by atoms with Crippen LogP contribution in [0, 0.1) is 5.41 Å². The fourth-order valence-electron chi connectivity index (χ4n) is 5.65. The summed E-state index contributed by atoms with van der Waals surface area (Å²) >= 11 is 0. The van der Waals surface area contributed by atoms with Gasteiger partial charge in [0.25, 0.3) is 0 Å². The summed E-state index contributed by atoms with van der Waals surface area (Å²) in [6.45, 7) is 8.37. The van der Waals surface area contributed by atoms with Gasteiger partial charge in [-0.1, -0.05) is 43.3 Å². The van der Waals surface area contributed by atoms with Gasteiger partial charge in [-0.05, 0) is 74.8 Å². The summed E-state index contributed by atoms with van der Waals surface area (Å²) < 4.78 is 11.8. The summed E-state index contributed by atoms with van der Waals surface area (Å²) in [4.78, 5) is 6.69. The Balaban J connectivity index is 1.23. The van der Waals surface area contributed by atoms with Crippen molar-refractivity contribution in [3.8, 4) is 28.2 Å². The van der Waals surface area contributed by atoms with Gasteiger partial charge in [-0.15, -0.1) is 0 Å². The minimum absolute atomic E-state index is 0.320. The van der Waals surface area contributed by atoms with Crippen LogP contribution in [-0.4, -0.2) is 34.6 Å². The third-order valence-electron chi connectivity index (χ3n) is 7.36. The molecule has 0 spiro atoms. The van der Waals surface area contributed by atoms with E-state index < -0.39 is 0 Å². The normalized spacial score (nSPS) is 26.2. The van der Waals surface area contributed by atoms with E-state index >= 15 is 0 Å². The number of likely N-dealkylation sites (tertiary alicyclic amines) is 1. The number of fused-ring (bicyclic) bond motifs is 1. The first-order valence-corrected chi connectivity index (χ1v) is 11.5. The van der Waals surface area contributed by atoms with Crippen molar-refractivity contribution in [2.45, 2.75) is 64.6 Å². The number of rotatable bonds is 5. The van der Waals surface area contributed by atoms with Gasteiger partial charge in [0.15, 0.2) is 12.2 Å². The fraction of sp³-hybridized carbons (Fsp3) is 0.444. The van der Waals surface area contributed by atoms with Gasteiger partial charge in [0.05, 0.1) is 12.3 Å². The zero-order valence-electron chi connectivity index (χ0n) is 18.8. The first-order valence-electron chi connectivity index (χ1n) is 11.5. The minimum atomic E-state index is 0.320. The molecule has 1 aliphatic heterocycles. The Kier molecular flexibility index (Phi) is 5.35. The van der Waals surface area contributed by atoms with Gasteiger partial charge in [0.2, 0.25) is 0 Å². The molecule has 0 bridgehead atoms. The molecule has 2 heterocycles. The van der Waals surface area contributed by atoms with E-state index in [1.807, 2.05) is 0 Å². The van der Waals surface area contributed by atoms with Gasteiger partial charge < -0.3 is 9.15 Å². The Morgan fingerprint density at radius 3 is 2.32 bits per heavy atom. The van der Waals surface area contributed by atoms with Crippen molar-refractivity contribution in [2.24, 2.45) is 5.41 Å². The van der Waals surface area contributed by atoms with E-state index in [0.29, 0.717) is 17.6 Å². The Morgan fingerprint density at radius 2 is 1.68 bits per heavy atom. The van der Waals surface area contributed by atoms with Crippen molar-refractivity contribution in [1.82, 2.24) is 9.88 Å². The van der Waals surface area contributed by atoms with Gasteiger partial charge in [0, 0.05) is 17.6 Å². The Bertz CT molecular complexity index is 995. The summed E-state index contributed by atoms with van der Waals surface area (Å²) in [5, 5.41) is 0. The van der Waals surface area contributed by atoms with Crippen LogP contribution >= 0.6 is 0 Å². The average molecular weight is 417 g/mol. The zero-order valence-corrected chi connectivity index (χ0v) is 18.8. The lowest BCUT2D eigenvalue weighted by molar-refractivity contribution is 0.0274. The molecule has 0 N–H and O–H groups in total. The minimum Gasteiger partial charge on any atom is -0.490 e. The second-order valence-corrected chi connectivity index (χ2v) is 9.74.